The normalized spacial score (nSPS) is 17.8. The molecule has 0 amide bonds. The van der Waals surface area contributed by atoms with Crippen LogP contribution in [0.5, 0.6) is 5.75 Å². The molecule has 4 nitrogen and oxygen atoms in total. The maximum Gasteiger partial charge on any atom is 0.416 e. The van der Waals surface area contributed by atoms with Crippen molar-refractivity contribution in [3.63, 3.8) is 0 Å². The number of benzene rings is 3. The molecule has 3 aromatic rings. The first-order valence-electron chi connectivity index (χ1n) is 10.6. The van der Waals surface area contributed by atoms with Gasteiger partial charge < -0.3 is 9.29 Å². The van der Waals surface area contributed by atoms with Crippen molar-refractivity contribution in [2.75, 3.05) is 20.2 Å². The standard InChI is InChI=1S/C25H25F3N2O2S/c1-32-23-11-9-20(10-12-23)19-7-5-18(6-8-19)16-30-14-13-22(17-30)29-33(31)24-4-2-3-21(15-24)25(26,27)28/h2-12,15,22,29H,13-14,16-17H2,1H3/t22-,33+/m1/s1. The predicted octanol–water partition coefficient (Wildman–Crippen LogP) is 5.27. The van der Waals surface area contributed by atoms with Gasteiger partial charge >= 0.3 is 6.18 Å². The van der Waals surface area contributed by atoms with Crippen molar-refractivity contribution >= 4 is 11.4 Å². The Morgan fingerprint density at radius 3 is 2.33 bits per heavy atom. The average Bonchev–Trinajstić information content (AvgIpc) is 3.25. The van der Waals surface area contributed by atoms with Gasteiger partial charge in [0.05, 0.1) is 30.1 Å². The Kier molecular flexibility index (Phi) is 7.29. The summed E-state index contributed by atoms with van der Waals surface area (Å²) in [6, 6.07) is 20.9. The molecule has 2 atom stereocenters. The van der Waals surface area contributed by atoms with Crippen molar-refractivity contribution in [2.45, 2.75) is 30.1 Å². The van der Waals surface area contributed by atoms with Crippen LogP contribution in [0.3, 0.4) is 0 Å². The van der Waals surface area contributed by atoms with E-state index in [2.05, 4.69) is 33.9 Å². The summed E-state index contributed by atoms with van der Waals surface area (Å²) in [4.78, 5) is 2.39. The van der Waals surface area contributed by atoms with Crippen molar-refractivity contribution in [3.05, 3.63) is 83.9 Å². The van der Waals surface area contributed by atoms with Crippen LogP contribution in [-0.4, -0.2) is 35.7 Å². The highest BCUT2D eigenvalue weighted by molar-refractivity contribution is 7.89. The highest BCUT2D eigenvalue weighted by atomic mass is 32.2. The van der Waals surface area contributed by atoms with E-state index in [4.69, 9.17) is 4.74 Å². The molecule has 1 N–H and O–H groups in total. The van der Waals surface area contributed by atoms with E-state index < -0.39 is 23.1 Å². The molecule has 4 rings (SSSR count). The van der Waals surface area contributed by atoms with Crippen LogP contribution in [0, 0.1) is 0 Å². The van der Waals surface area contributed by atoms with Crippen LogP contribution < -0.4 is 9.46 Å². The number of ether oxygens (including phenoxy) is 1. The van der Waals surface area contributed by atoms with Crippen LogP contribution in [0.25, 0.3) is 11.1 Å². The number of methoxy groups -OCH3 is 1. The number of rotatable bonds is 7. The zero-order valence-corrected chi connectivity index (χ0v) is 19.0. The summed E-state index contributed by atoms with van der Waals surface area (Å²) in [7, 11) is 1.64. The van der Waals surface area contributed by atoms with E-state index >= 15 is 0 Å². The zero-order valence-electron chi connectivity index (χ0n) is 18.1. The Balaban J connectivity index is 1.31. The molecule has 1 aliphatic heterocycles. The van der Waals surface area contributed by atoms with Gasteiger partial charge in [-0.25, -0.2) is 0 Å². The minimum Gasteiger partial charge on any atom is -0.593 e. The third-order valence-electron chi connectivity index (χ3n) is 5.70. The van der Waals surface area contributed by atoms with E-state index in [9.17, 15) is 17.7 Å². The number of halogens is 3. The summed E-state index contributed by atoms with van der Waals surface area (Å²) in [5.41, 5.74) is 2.62. The van der Waals surface area contributed by atoms with Crippen LogP contribution in [0.1, 0.15) is 17.5 Å². The molecule has 0 saturated carbocycles. The van der Waals surface area contributed by atoms with Crippen molar-refractivity contribution in [1.29, 1.82) is 0 Å². The number of nitrogens with zero attached hydrogens (tertiary/aromatic N) is 1. The average molecular weight is 475 g/mol. The number of likely N-dealkylation sites (tertiary alicyclic amines) is 1. The molecule has 0 bridgehead atoms. The third kappa shape index (κ3) is 6.09. The van der Waals surface area contributed by atoms with Crippen molar-refractivity contribution in [2.24, 2.45) is 0 Å². The van der Waals surface area contributed by atoms with Crippen LogP contribution >= 0.6 is 0 Å². The predicted molar refractivity (Wildman–Crippen MR) is 123 cm³/mol. The Bertz CT molecular complexity index is 1060. The molecule has 8 heteroatoms. The summed E-state index contributed by atoms with van der Waals surface area (Å²) >= 11 is -1.69. The highest BCUT2D eigenvalue weighted by Gasteiger charge is 2.33. The summed E-state index contributed by atoms with van der Waals surface area (Å²) in [5, 5.41) is 0. The fourth-order valence-corrected chi connectivity index (χ4v) is 4.99. The van der Waals surface area contributed by atoms with E-state index in [1.54, 1.807) is 7.11 Å². The second-order valence-corrected chi connectivity index (χ2v) is 9.30. The number of nitrogens with one attached hydrogen (secondary N) is 1. The third-order valence-corrected chi connectivity index (χ3v) is 6.93. The fraction of sp³-hybridized carbons (Fsp3) is 0.280. The Labute approximate surface area is 194 Å². The van der Waals surface area contributed by atoms with Gasteiger partial charge in [0.15, 0.2) is 4.90 Å². The second-order valence-electron chi connectivity index (χ2n) is 8.06. The quantitative estimate of drug-likeness (QED) is 0.474. The minimum atomic E-state index is -4.45. The van der Waals surface area contributed by atoms with Gasteiger partial charge in [0, 0.05) is 25.7 Å². The van der Waals surface area contributed by atoms with Gasteiger partial charge in [0.25, 0.3) is 0 Å². The summed E-state index contributed by atoms with van der Waals surface area (Å²) in [6.07, 6.45) is -3.66. The van der Waals surface area contributed by atoms with E-state index in [0.717, 1.165) is 48.5 Å². The molecule has 174 valence electrons. The molecule has 1 saturated heterocycles. The number of hydrogen-bond donors (Lipinski definition) is 1. The van der Waals surface area contributed by atoms with Crippen LogP contribution in [-0.2, 0) is 24.1 Å². The maximum absolute atomic E-state index is 12.9. The molecular formula is C25H25F3N2O2S. The van der Waals surface area contributed by atoms with E-state index in [-0.39, 0.29) is 10.9 Å². The first kappa shape index (κ1) is 23.6. The molecule has 1 aliphatic rings. The molecular weight excluding hydrogens is 449 g/mol. The summed E-state index contributed by atoms with van der Waals surface area (Å²) < 4.78 is 59.5. The lowest BCUT2D eigenvalue weighted by Gasteiger charge is -2.18. The van der Waals surface area contributed by atoms with Crippen molar-refractivity contribution in [3.8, 4) is 16.9 Å². The lowest BCUT2D eigenvalue weighted by atomic mass is 10.0. The van der Waals surface area contributed by atoms with Crippen LogP contribution in [0.2, 0.25) is 0 Å². The summed E-state index contributed by atoms with van der Waals surface area (Å²) in [6.45, 7) is 2.28. The zero-order chi connectivity index (χ0) is 23.4. The van der Waals surface area contributed by atoms with Gasteiger partial charge in [-0.2, -0.15) is 13.2 Å². The maximum atomic E-state index is 12.9. The first-order chi connectivity index (χ1) is 15.8. The molecule has 0 radical (unpaired) electrons. The molecule has 0 unspecified atom stereocenters. The van der Waals surface area contributed by atoms with Gasteiger partial charge in [-0.1, -0.05) is 42.5 Å². The van der Waals surface area contributed by atoms with Crippen LogP contribution in [0.15, 0.2) is 77.7 Å². The Morgan fingerprint density at radius 2 is 1.70 bits per heavy atom. The molecule has 33 heavy (non-hydrogen) atoms. The van der Waals surface area contributed by atoms with Crippen molar-refractivity contribution < 1.29 is 22.5 Å². The molecule has 0 aromatic heterocycles. The monoisotopic (exact) mass is 474 g/mol. The number of alkyl halides is 3. The SMILES string of the molecule is COc1ccc(-c2ccc(CN3CC[C@@H](N[S@@+]([O-])c4cccc(C(F)(F)F)c4)C3)cc2)cc1. The van der Waals surface area contributed by atoms with Gasteiger partial charge in [-0.05, 0) is 47.4 Å². The topological polar surface area (TPSA) is 47.6 Å². The summed E-state index contributed by atoms with van der Waals surface area (Å²) in [5.74, 6) is 0.821. The largest absolute Gasteiger partial charge is 0.593 e. The van der Waals surface area contributed by atoms with E-state index in [0.29, 0.717) is 6.54 Å². The Hall–Kier alpha value is -2.52. The molecule has 1 fully saturated rings. The Morgan fingerprint density at radius 1 is 1.03 bits per heavy atom. The lowest BCUT2D eigenvalue weighted by Crippen LogP contribution is -2.37. The smallest absolute Gasteiger partial charge is 0.416 e. The number of hydrogen-bond acceptors (Lipinski definition) is 4. The fourth-order valence-electron chi connectivity index (χ4n) is 3.92. The molecule has 0 spiro atoms. The van der Waals surface area contributed by atoms with Gasteiger partial charge in [0.2, 0.25) is 0 Å². The molecule has 3 aromatic carbocycles. The highest BCUT2D eigenvalue weighted by Crippen LogP contribution is 2.30. The van der Waals surface area contributed by atoms with Gasteiger partial charge in [0.1, 0.15) is 5.75 Å². The lowest BCUT2D eigenvalue weighted by molar-refractivity contribution is -0.137. The van der Waals surface area contributed by atoms with Crippen LogP contribution in [0.4, 0.5) is 13.2 Å². The van der Waals surface area contributed by atoms with E-state index in [1.807, 2.05) is 24.3 Å². The molecule has 1 heterocycles. The minimum absolute atomic E-state index is 0.0426. The van der Waals surface area contributed by atoms with Gasteiger partial charge in [-0.3, -0.25) is 4.90 Å². The molecule has 0 aliphatic carbocycles. The van der Waals surface area contributed by atoms with E-state index in [1.165, 1.54) is 17.7 Å². The van der Waals surface area contributed by atoms with Crippen molar-refractivity contribution in [1.82, 2.24) is 9.62 Å². The van der Waals surface area contributed by atoms with Gasteiger partial charge in [-0.15, -0.1) is 4.72 Å². The second kappa shape index (κ2) is 10.2. The first-order valence-corrected chi connectivity index (χ1v) is 11.8.